The molecule has 0 aliphatic rings. The molecule has 0 N–H and O–H groups in total. The summed E-state index contributed by atoms with van der Waals surface area (Å²) in [6.07, 6.45) is 0.274. The molecule has 0 aromatic rings. The lowest BCUT2D eigenvalue weighted by molar-refractivity contribution is -0.118. The Kier molecular flexibility index (Phi) is 3.67. The quantitative estimate of drug-likeness (QED) is 0.704. The SMILES string of the molecule is CCC(=O)C(C)S(=O)(=O)C(C)(C)C. The minimum atomic E-state index is -3.34. The van der Waals surface area contributed by atoms with Crippen molar-refractivity contribution in [3.8, 4) is 0 Å². The van der Waals surface area contributed by atoms with Crippen molar-refractivity contribution in [1.29, 1.82) is 0 Å². The van der Waals surface area contributed by atoms with Gasteiger partial charge in [-0.05, 0) is 27.7 Å². The Hall–Kier alpha value is -0.380. The van der Waals surface area contributed by atoms with Crippen LogP contribution in [0.15, 0.2) is 0 Å². The van der Waals surface area contributed by atoms with Gasteiger partial charge < -0.3 is 0 Å². The second-order valence-corrected chi connectivity index (χ2v) is 7.14. The Morgan fingerprint density at radius 3 is 1.92 bits per heavy atom. The van der Waals surface area contributed by atoms with Crippen LogP contribution in [0.2, 0.25) is 0 Å². The van der Waals surface area contributed by atoms with E-state index in [1.165, 1.54) is 6.92 Å². The molecule has 0 spiro atoms. The van der Waals surface area contributed by atoms with Crippen molar-refractivity contribution in [2.24, 2.45) is 0 Å². The van der Waals surface area contributed by atoms with Crippen molar-refractivity contribution in [2.75, 3.05) is 0 Å². The van der Waals surface area contributed by atoms with Crippen molar-refractivity contribution in [1.82, 2.24) is 0 Å². The fourth-order valence-corrected chi connectivity index (χ4v) is 2.56. The lowest BCUT2D eigenvalue weighted by atomic mass is 10.2. The van der Waals surface area contributed by atoms with Crippen molar-refractivity contribution >= 4 is 15.6 Å². The molecule has 0 radical (unpaired) electrons. The Morgan fingerprint density at radius 1 is 1.31 bits per heavy atom. The Labute approximate surface area is 80.4 Å². The highest BCUT2D eigenvalue weighted by Gasteiger charge is 2.37. The number of hydrogen-bond donors (Lipinski definition) is 0. The second kappa shape index (κ2) is 3.78. The average molecular weight is 206 g/mol. The summed E-state index contributed by atoms with van der Waals surface area (Å²) in [7, 11) is -3.34. The number of hydrogen-bond acceptors (Lipinski definition) is 3. The van der Waals surface area contributed by atoms with Crippen LogP contribution in [0.3, 0.4) is 0 Å². The van der Waals surface area contributed by atoms with Gasteiger partial charge in [0.15, 0.2) is 9.84 Å². The predicted molar refractivity (Wildman–Crippen MR) is 53.4 cm³/mol. The number of rotatable bonds is 3. The highest BCUT2D eigenvalue weighted by atomic mass is 32.2. The van der Waals surface area contributed by atoms with Crippen LogP contribution >= 0.6 is 0 Å². The summed E-state index contributed by atoms with van der Waals surface area (Å²) in [5.41, 5.74) is 0. The third-order valence-corrected chi connectivity index (χ3v) is 5.02. The van der Waals surface area contributed by atoms with Gasteiger partial charge in [0.05, 0.1) is 4.75 Å². The molecule has 0 aliphatic heterocycles. The first kappa shape index (κ1) is 12.6. The van der Waals surface area contributed by atoms with Gasteiger partial charge in [-0.1, -0.05) is 6.92 Å². The van der Waals surface area contributed by atoms with Crippen LogP contribution < -0.4 is 0 Å². The van der Waals surface area contributed by atoms with Gasteiger partial charge in [-0.2, -0.15) is 0 Å². The zero-order chi connectivity index (χ0) is 10.9. The van der Waals surface area contributed by atoms with E-state index in [1.807, 2.05) is 0 Å². The minimum Gasteiger partial charge on any atom is -0.298 e. The summed E-state index contributed by atoms with van der Waals surface area (Å²) in [6, 6.07) is 0. The van der Waals surface area contributed by atoms with Gasteiger partial charge >= 0.3 is 0 Å². The molecule has 4 heteroatoms. The third-order valence-electron chi connectivity index (χ3n) is 2.12. The lowest BCUT2D eigenvalue weighted by Gasteiger charge is -2.23. The van der Waals surface area contributed by atoms with Crippen LogP contribution in [-0.4, -0.2) is 24.2 Å². The van der Waals surface area contributed by atoms with Gasteiger partial charge in [-0.15, -0.1) is 0 Å². The van der Waals surface area contributed by atoms with E-state index in [4.69, 9.17) is 0 Å². The lowest BCUT2D eigenvalue weighted by Crippen LogP contribution is -2.39. The van der Waals surface area contributed by atoms with Gasteiger partial charge in [0.2, 0.25) is 0 Å². The summed E-state index contributed by atoms with van der Waals surface area (Å²) < 4.78 is 22.6. The number of carbonyl (C=O) groups is 1. The maximum absolute atomic E-state index is 11.7. The van der Waals surface area contributed by atoms with Crippen molar-refractivity contribution in [3.63, 3.8) is 0 Å². The predicted octanol–water partition coefficient (Wildman–Crippen LogP) is 1.57. The zero-order valence-corrected chi connectivity index (χ0v) is 9.73. The average Bonchev–Trinajstić information content (AvgIpc) is 1.99. The molecular formula is C9H18O3S. The molecule has 0 aromatic heterocycles. The van der Waals surface area contributed by atoms with Gasteiger partial charge in [0.25, 0.3) is 0 Å². The van der Waals surface area contributed by atoms with E-state index in [-0.39, 0.29) is 12.2 Å². The Balaban J connectivity index is 4.99. The van der Waals surface area contributed by atoms with Crippen LogP contribution in [0.1, 0.15) is 41.0 Å². The first-order valence-corrected chi connectivity index (χ1v) is 5.95. The molecule has 3 nitrogen and oxygen atoms in total. The first-order valence-electron chi connectivity index (χ1n) is 4.40. The molecule has 13 heavy (non-hydrogen) atoms. The highest BCUT2D eigenvalue weighted by Crippen LogP contribution is 2.21. The molecule has 0 aliphatic carbocycles. The molecular weight excluding hydrogens is 188 g/mol. The van der Waals surface area contributed by atoms with Crippen molar-refractivity contribution in [2.45, 2.75) is 51.0 Å². The fraction of sp³-hybridized carbons (Fsp3) is 0.889. The van der Waals surface area contributed by atoms with Crippen LogP contribution in [0, 0.1) is 0 Å². The normalized spacial score (nSPS) is 15.5. The number of sulfone groups is 1. The van der Waals surface area contributed by atoms with E-state index in [0.29, 0.717) is 0 Å². The summed E-state index contributed by atoms with van der Waals surface area (Å²) in [6.45, 7) is 7.98. The monoisotopic (exact) mass is 206 g/mol. The smallest absolute Gasteiger partial charge is 0.164 e. The van der Waals surface area contributed by atoms with E-state index < -0.39 is 19.8 Å². The summed E-state index contributed by atoms with van der Waals surface area (Å²) >= 11 is 0. The van der Waals surface area contributed by atoms with Crippen molar-refractivity contribution < 1.29 is 13.2 Å². The topological polar surface area (TPSA) is 51.2 Å². The Morgan fingerprint density at radius 2 is 1.69 bits per heavy atom. The minimum absolute atomic E-state index is 0.213. The fourth-order valence-electron chi connectivity index (χ4n) is 0.991. The standard InChI is InChI=1S/C9H18O3S/c1-6-8(10)7(2)13(11,12)9(3,4)5/h7H,6H2,1-5H3. The number of carbonyl (C=O) groups excluding carboxylic acids is 1. The molecule has 1 atom stereocenters. The van der Waals surface area contributed by atoms with Crippen LogP contribution in [-0.2, 0) is 14.6 Å². The second-order valence-electron chi connectivity index (χ2n) is 4.12. The molecule has 1 unspecified atom stereocenters. The molecule has 0 saturated carbocycles. The van der Waals surface area contributed by atoms with Crippen LogP contribution in [0.4, 0.5) is 0 Å². The number of ketones is 1. The van der Waals surface area contributed by atoms with E-state index in [2.05, 4.69) is 0 Å². The van der Waals surface area contributed by atoms with Crippen LogP contribution in [0.5, 0.6) is 0 Å². The summed E-state index contributed by atoms with van der Waals surface area (Å²) in [4.78, 5) is 11.2. The first-order chi connectivity index (χ1) is 5.64. The third kappa shape index (κ3) is 2.53. The molecule has 0 amide bonds. The molecule has 78 valence electrons. The molecule has 0 fully saturated rings. The van der Waals surface area contributed by atoms with E-state index in [9.17, 15) is 13.2 Å². The molecule has 0 heterocycles. The Bertz CT molecular complexity index is 282. The van der Waals surface area contributed by atoms with Gasteiger partial charge in [-0.25, -0.2) is 8.42 Å². The maximum atomic E-state index is 11.7. The maximum Gasteiger partial charge on any atom is 0.164 e. The van der Waals surface area contributed by atoms with E-state index in [0.717, 1.165) is 0 Å². The molecule has 0 aromatic carbocycles. The van der Waals surface area contributed by atoms with Gasteiger partial charge in [0.1, 0.15) is 11.0 Å². The van der Waals surface area contributed by atoms with E-state index in [1.54, 1.807) is 27.7 Å². The largest absolute Gasteiger partial charge is 0.298 e. The molecule has 0 bridgehead atoms. The van der Waals surface area contributed by atoms with Crippen molar-refractivity contribution in [3.05, 3.63) is 0 Å². The molecule has 0 rings (SSSR count). The van der Waals surface area contributed by atoms with Gasteiger partial charge in [-0.3, -0.25) is 4.79 Å². The zero-order valence-electron chi connectivity index (χ0n) is 8.92. The molecule has 0 saturated heterocycles. The van der Waals surface area contributed by atoms with Crippen LogP contribution in [0.25, 0.3) is 0 Å². The summed E-state index contributed by atoms with van der Waals surface area (Å²) in [5, 5.41) is -0.877. The van der Waals surface area contributed by atoms with Gasteiger partial charge in [0, 0.05) is 6.42 Å². The number of Topliss-reactive ketones (excluding diaryl/α,β-unsaturated/α-hetero) is 1. The summed E-state index contributed by atoms with van der Waals surface area (Å²) in [5.74, 6) is -0.213. The highest BCUT2D eigenvalue weighted by molar-refractivity contribution is 7.94. The van der Waals surface area contributed by atoms with E-state index >= 15 is 0 Å².